The lowest BCUT2D eigenvalue weighted by Crippen LogP contribution is -2.50. The maximum Gasteiger partial charge on any atom is 0.333 e. The first-order chi connectivity index (χ1) is 39.2. The number of carbonyl (C=O) groups excluding carboxylic acids is 5. The fourth-order valence-corrected chi connectivity index (χ4v) is 17.6. The van der Waals surface area contributed by atoms with E-state index in [9.17, 15) is 28.8 Å². The van der Waals surface area contributed by atoms with Crippen molar-refractivity contribution in [2.75, 3.05) is 93.4 Å². The predicted molar refractivity (Wildman–Crippen MR) is 337 cm³/mol. The Labute approximate surface area is 490 Å². The smallest absolute Gasteiger partial charge is 0.333 e. The van der Waals surface area contributed by atoms with Crippen molar-refractivity contribution in [2.24, 2.45) is 0 Å². The van der Waals surface area contributed by atoms with Crippen LogP contribution in [0, 0.1) is 0 Å². The molecule has 9 rings (SSSR count). The lowest BCUT2D eigenvalue weighted by Gasteiger charge is -2.38. The largest absolute Gasteiger partial charge is 0.481 e. The van der Waals surface area contributed by atoms with Gasteiger partial charge < -0.3 is 29.5 Å². The number of fused-ring (bicyclic) bond motifs is 4. The summed E-state index contributed by atoms with van der Waals surface area (Å²) in [7, 11) is 15.7. The molecule has 0 spiro atoms. The monoisotopic (exact) mass is 1150 g/mol. The molecule has 4 aromatic rings. The minimum atomic E-state index is -2.14. The highest BCUT2D eigenvalue weighted by Crippen LogP contribution is 2.45. The molecule has 17 heteroatoms. The van der Waals surface area contributed by atoms with E-state index in [0.717, 1.165) is 44.8 Å². The quantitative estimate of drug-likeness (QED) is 0.0708. The van der Waals surface area contributed by atoms with Gasteiger partial charge in [0.05, 0.1) is 0 Å². The fraction of sp³-hybridized carbons (Fsp3) is 0.333. The summed E-state index contributed by atoms with van der Waals surface area (Å²) in [5.41, 5.74) is 14.4. The van der Waals surface area contributed by atoms with Crippen molar-refractivity contribution in [3.63, 3.8) is 0 Å². The molecular formula is C66H79N7O8Si2+2. The number of nitrogens with zero attached hydrogens (tertiary/aromatic N) is 7. The van der Waals surface area contributed by atoms with Crippen LogP contribution in [-0.2, 0) is 24.0 Å². The molecule has 1 fully saturated rings. The molecule has 0 radical (unpaired) electrons. The molecule has 2 aliphatic carbocycles. The Balaban J connectivity index is 0.000000220. The third kappa shape index (κ3) is 12.4. The van der Waals surface area contributed by atoms with Crippen molar-refractivity contribution in [3.8, 4) is 0 Å². The zero-order valence-corrected chi connectivity index (χ0v) is 52.6. The summed E-state index contributed by atoms with van der Waals surface area (Å²) >= 11 is 0. The van der Waals surface area contributed by atoms with Crippen molar-refractivity contribution in [1.29, 1.82) is 0 Å². The number of imide groups is 1. The maximum absolute atomic E-state index is 14.0. The average Bonchev–Trinajstić information content (AvgIpc) is 1.43. The van der Waals surface area contributed by atoms with E-state index < -0.39 is 39.9 Å². The Morgan fingerprint density at radius 3 is 1.34 bits per heavy atom. The van der Waals surface area contributed by atoms with Crippen LogP contribution in [0.3, 0.4) is 0 Å². The molecule has 1 N–H and O–H groups in total. The van der Waals surface area contributed by atoms with Crippen LogP contribution in [0.5, 0.6) is 0 Å². The van der Waals surface area contributed by atoms with E-state index in [-0.39, 0.29) is 37.5 Å². The molecule has 432 valence electrons. The second kappa shape index (κ2) is 24.7. The van der Waals surface area contributed by atoms with Gasteiger partial charge in [-0.25, -0.2) is 13.9 Å². The molecule has 5 aliphatic rings. The first kappa shape index (κ1) is 60.8. The summed E-state index contributed by atoms with van der Waals surface area (Å²) in [4.78, 5) is 87.0. The van der Waals surface area contributed by atoms with E-state index in [1.165, 1.54) is 43.3 Å². The summed E-state index contributed by atoms with van der Waals surface area (Å²) in [6.07, 6.45) is 14.2. The molecule has 0 atom stereocenters. The van der Waals surface area contributed by atoms with Gasteiger partial charge >= 0.3 is 11.9 Å². The van der Waals surface area contributed by atoms with Crippen LogP contribution in [0.25, 0.3) is 11.1 Å². The molecule has 0 unspecified atom stereocenters. The first-order valence-electron chi connectivity index (χ1n) is 28.2. The van der Waals surface area contributed by atoms with Crippen molar-refractivity contribution >= 4 is 96.0 Å². The summed E-state index contributed by atoms with van der Waals surface area (Å²) in [6, 6.07) is 28.9. The van der Waals surface area contributed by atoms with E-state index in [1.807, 2.05) is 48.5 Å². The number of allylic oxidation sites excluding steroid dienone is 10. The minimum absolute atomic E-state index is 0.0312. The van der Waals surface area contributed by atoms with Crippen LogP contribution >= 0.6 is 0 Å². The van der Waals surface area contributed by atoms with Gasteiger partial charge in [0.2, 0.25) is 0 Å². The average molecular weight is 1150 g/mol. The van der Waals surface area contributed by atoms with Gasteiger partial charge in [0.1, 0.15) is 44.3 Å². The SMILES string of the molecule is CN(CCCC(=O)O)C(=O)c1ccccc1C1=C2C=CC(=[N+](C)C)C=C2[Si](C)(C)c2cc(N(C)C)ccc21.CN(CCCC(=O)ON1C(=O)CCC1=O)C(=O)c1ccccc1C1=C2C=CC(=[N+](C)C)C=C2[Si](C)(C)c2cc(N(C)C)ccc21. The lowest BCUT2D eigenvalue weighted by molar-refractivity contribution is -0.462. The van der Waals surface area contributed by atoms with E-state index in [1.54, 1.807) is 23.9 Å². The Hall–Kier alpha value is -8.29. The molecule has 83 heavy (non-hydrogen) atoms. The van der Waals surface area contributed by atoms with Gasteiger partial charge in [0.15, 0.2) is 11.4 Å². The van der Waals surface area contributed by atoms with Crippen molar-refractivity contribution in [3.05, 3.63) is 176 Å². The standard InChI is InChI=1S/C35H41N4O5Si.C31H37N3O3Si/c1-36(2)23-14-16-27-29(21-23)45(6,7)30-22-24(37(3)4)15-17-28(30)34(27)25-11-8-9-12-26(25)35(43)38(5)20-10-13-33(42)44-39-31(40)18-19-32(39)41;1-32(2)21-14-16-25-27(19-21)38(6,7)28-20-22(33(3)4)15-17-26(28)30(25)23-11-8-9-12-24(23)31(37)34(5)18-10-13-29(35)36/h8-9,11-12,14-17,21-22H,10,13,18-20H2,1-7H3;8-9,11-12,14-17,19-20H,10,13,18H2,1-7H3/q+1;/p+1. The zero-order valence-electron chi connectivity index (χ0n) is 50.6. The fourth-order valence-electron chi connectivity index (χ4n) is 11.5. The Kier molecular flexibility index (Phi) is 18.1. The highest BCUT2D eigenvalue weighted by Gasteiger charge is 2.43. The van der Waals surface area contributed by atoms with Gasteiger partial charge in [0, 0.05) is 128 Å². The summed E-state index contributed by atoms with van der Waals surface area (Å²) in [6.45, 7) is 10.3. The van der Waals surface area contributed by atoms with E-state index in [0.29, 0.717) is 42.1 Å². The summed E-state index contributed by atoms with van der Waals surface area (Å²) < 4.78 is 4.26. The molecule has 3 aliphatic heterocycles. The third-order valence-corrected chi connectivity index (χ3v) is 23.4. The summed E-state index contributed by atoms with van der Waals surface area (Å²) in [5, 5.41) is 15.0. The number of rotatable bonds is 15. The highest BCUT2D eigenvalue weighted by atomic mass is 28.3. The molecule has 0 aromatic heterocycles. The van der Waals surface area contributed by atoms with E-state index >= 15 is 0 Å². The van der Waals surface area contributed by atoms with Crippen molar-refractivity contribution in [2.45, 2.75) is 64.7 Å². The van der Waals surface area contributed by atoms with Crippen LogP contribution in [0.4, 0.5) is 11.4 Å². The second-order valence-corrected chi connectivity index (χ2v) is 32.3. The Morgan fingerprint density at radius 1 is 0.554 bits per heavy atom. The van der Waals surface area contributed by atoms with Gasteiger partial charge in [-0.05, 0) is 127 Å². The molecule has 1 saturated heterocycles. The third-order valence-electron chi connectivity index (χ3n) is 16.4. The topological polar surface area (TPSA) is 154 Å². The maximum atomic E-state index is 14.0. The first-order valence-corrected chi connectivity index (χ1v) is 34.2. The van der Waals surface area contributed by atoms with Gasteiger partial charge in [-0.2, -0.15) is 0 Å². The zero-order chi connectivity index (χ0) is 60.4. The lowest BCUT2D eigenvalue weighted by atomic mass is 9.87. The van der Waals surface area contributed by atoms with Crippen LogP contribution in [0.2, 0.25) is 26.2 Å². The number of hydroxylamine groups is 2. The van der Waals surface area contributed by atoms with Crippen LogP contribution in [-0.4, -0.2) is 176 Å². The predicted octanol–water partition coefficient (Wildman–Crippen LogP) is 7.86. The number of carboxylic acid groups (broad SMARTS) is 1. The van der Waals surface area contributed by atoms with Crippen LogP contribution in [0.1, 0.15) is 81.5 Å². The van der Waals surface area contributed by atoms with Gasteiger partial charge in [-0.1, -0.05) is 74.7 Å². The Bertz CT molecular complexity index is 3610. The second-order valence-electron chi connectivity index (χ2n) is 23.7. The number of carbonyl (C=O) groups is 6. The molecule has 15 nitrogen and oxygen atoms in total. The number of hydrogen-bond donors (Lipinski definition) is 1. The number of aliphatic carboxylic acids is 1. The van der Waals surface area contributed by atoms with E-state index in [4.69, 9.17) is 9.94 Å². The number of anilines is 2. The molecule has 4 aromatic carbocycles. The molecule has 4 amide bonds. The van der Waals surface area contributed by atoms with Gasteiger partial charge in [-0.15, -0.1) is 5.06 Å². The van der Waals surface area contributed by atoms with Crippen LogP contribution < -0.4 is 20.2 Å². The number of amides is 4. The Morgan fingerprint density at radius 2 is 0.952 bits per heavy atom. The summed E-state index contributed by atoms with van der Waals surface area (Å²) in [5.74, 6) is -2.80. The molecule has 0 saturated carbocycles. The molecule has 3 heterocycles. The van der Waals surface area contributed by atoms with Crippen molar-refractivity contribution < 1.29 is 47.9 Å². The molecular weight excluding hydrogens is 1070 g/mol. The number of benzene rings is 4. The van der Waals surface area contributed by atoms with Gasteiger partial charge in [-0.3, -0.25) is 24.0 Å². The normalized spacial score (nSPS) is 16.1. The van der Waals surface area contributed by atoms with Crippen molar-refractivity contribution in [1.82, 2.24) is 14.9 Å². The van der Waals surface area contributed by atoms with Crippen LogP contribution in [0.15, 0.2) is 143 Å². The van der Waals surface area contributed by atoms with Gasteiger partial charge in [0.25, 0.3) is 23.6 Å². The molecule has 0 bridgehead atoms. The highest BCUT2D eigenvalue weighted by molar-refractivity contribution is 6.98. The number of carboxylic acids is 1. The van der Waals surface area contributed by atoms with E-state index in [2.05, 4.69) is 174 Å². The number of hydrogen-bond acceptors (Lipinski definition) is 9. The minimum Gasteiger partial charge on any atom is -0.481 e.